The molecular weight excluding hydrogens is 422 g/mol. The van der Waals surface area contributed by atoms with Gasteiger partial charge in [0, 0.05) is 18.6 Å². The molecule has 0 fully saturated rings. The topological polar surface area (TPSA) is 3.88 Å². The molecule has 1 aromatic heterocycles. The summed E-state index contributed by atoms with van der Waals surface area (Å²) in [6, 6.07) is 4.72. The van der Waals surface area contributed by atoms with E-state index in [-0.39, 0.29) is 0 Å². The highest BCUT2D eigenvalue weighted by atomic mass is 14.9. The number of aromatic nitrogens is 1. The Hall–Kier alpha value is -0.850. The Bertz CT molecular complexity index is 520. The van der Waals surface area contributed by atoms with E-state index in [0.29, 0.717) is 0 Å². The number of rotatable bonds is 27. The number of nitrogens with zero attached hydrogens (tertiary/aromatic N) is 1. The van der Waals surface area contributed by atoms with E-state index >= 15 is 0 Å². The van der Waals surface area contributed by atoms with Crippen LogP contribution in [0.25, 0.3) is 0 Å². The standard InChI is InChI=1S/C34H64N/c1-3-5-7-9-11-13-14-15-16-17-18-19-20-21-22-24-26-28-34-29-32-35(33-30-34)31-27-25-23-12-10-8-6-4-2/h29-30,32-33H,3-28,31H2,1-2H3/q+1. The van der Waals surface area contributed by atoms with Crippen molar-refractivity contribution in [1.82, 2.24) is 0 Å². The van der Waals surface area contributed by atoms with Crippen molar-refractivity contribution in [3.8, 4) is 0 Å². The van der Waals surface area contributed by atoms with Gasteiger partial charge in [0.1, 0.15) is 6.54 Å². The summed E-state index contributed by atoms with van der Waals surface area (Å²) in [5.41, 5.74) is 1.53. The van der Waals surface area contributed by atoms with Crippen molar-refractivity contribution in [1.29, 1.82) is 0 Å². The molecule has 0 aliphatic rings. The first-order valence-corrected chi connectivity index (χ1v) is 16.3. The smallest absolute Gasteiger partial charge is 0.169 e. The fourth-order valence-electron chi connectivity index (χ4n) is 5.29. The second kappa shape index (κ2) is 26.2. The molecular formula is C34H64N+. The van der Waals surface area contributed by atoms with Gasteiger partial charge in [0.15, 0.2) is 12.4 Å². The molecule has 0 aromatic carbocycles. The fourth-order valence-corrected chi connectivity index (χ4v) is 5.29. The average molecular weight is 487 g/mol. The van der Waals surface area contributed by atoms with Crippen molar-refractivity contribution in [2.24, 2.45) is 0 Å². The van der Waals surface area contributed by atoms with Gasteiger partial charge in [0.05, 0.1) is 0 Å². The van der Waals surface area contributed by atoms with Crippen molar-refractivity contribution in [2.45, 2.75) is 187 Å². The first-order chi connectivity index (χ1) is 17.4. The molecule has 1 heterocycles. The molecule has 1 rings (SSSR count). The van der Waals surface area contributed by atoms with E-state index in [1.165, 1.54) is 179 Å². The lowest BCUT2D eigenvalue weighted by Gasteiger charge is -2.04. The molecule has 0 aliphatic heterocycles. The zero-order chi connectivity index (χ0) is 25.1. The van der Waals surface area contributed by atoms with E-state index in [9.17, 15) is 0 Å². The van der Waals surface area contributed by atoms with Gasteiger partial charge in [0.2, 0.25) is 0 Å². The molecule has 0 saturated heterocycles. The maximum atomic E-state index is 2.38. The highest BCUT2D eigenvalue weighted by Crippen LogP contribution is 2.15. The first-order valence-electron chi connectivity index (χ1n) is 16.3. The normalized spacial score (nSPS) is 11.4. The van der Waals surface area contributed by atoms with Crippen LogP contribution in [0.5, 0.6) is 0 Å². The van der Waals surface area contributed by atoms with Crippen molar-refractivity contribution in [2.75, 3.05) is 0 Å². The van der Waals surface area contributed by atoms with Gasteiger partial charge < -0.3 is 0 Å². The molecule has 35 heavy (non-hydrogen) atoms. The Morgan fingerprint density at radius 2 is 0.714 bits per heavy atom. The molecule has 0 N–H and O–H groups in total. The van der Waals surface area contributed by atoms with Gasteiger partial charge >= 0.3 is 0 Å². The zero-order valence-corrected chi connectivity index (χ0v) is 24.3. The Morgan fingerprint density at radius 3 is 1.09 bits per heavy atom. The molecule has 0 spiro atoms. The lowest BCUT2D eigenvalue weighted by Crippen LogP contribution is -2.32. The lowest BCUT2D eigenvalue weighted by molar-refractivity contribution is -0.697. The number of aryl methyl sites for hydroxylation is 2. The van der Waals surface area contributed by atoms with Crippen molar-refractivity contribution >= 4 is 0 Å². The minimum atomic E-state index is 1.19. The summed E-state index contributed by atoms with van der Waals surface area (Å²) in [5, 5.41) is 0. The summed E-state index contributed by atoms with van der Waals surface area (Å²) in [6.07, 6.45) is 41.8. The van der Waals surface area contributed by atoms with E-state index in [2.05, 4.69) is 42.9 Å². The molecule has 1 aromatic rings. The van der Waals surface area contributed by atoms with Crippen molar-refractivity contribution < 1.29 is 4.57 Å². The summed E-state index contributed by atoms with van der Waals surface area (Å²) >= 11 is 0. The lowest BCUT2D eigenvalue weighted by atomic mass is 10.0. The van der Waals surface area contributed by atoms with Gasteiger partial charge in [-0.05, 0) is 24.8 Å². The van der Waals surface area contributed by atoms with Crippen LogP contribution in [-0.2, 0) is 13.0 Å². The maximum absolute atomic E-state index is 2.38. The number of hydrogen-bond donors (Lipinski definition) is 0. The monoisotopic (exact) mass is 487 g/mol. The van der Waals surface area contributed by atoms with Crippen molar-refractivity contribution in [3.05, 3.63) is 30.1 Å². The van der Waals surface area contributed by atoms with Crippen LogP contribution in [0.1, 0.15) is 180 Å². The van der Waals surface area contributed by atoms with Crippen LogP contribution in [0.2, 0.25) is 0 Å². The summed E-state index contributed by atoms with van der Waals surface area (Å²) in [7, 11) is 0. The molecule has 1 nitrogen and oxygen atoms in total. The third-order valence-electron chi connectivity index (χ3n) is 7.80. The molecule has 0 saturated carbocycles. The van der Waals surface area contributed by atoms with E-state index in [4.69, 9.17) is 0 Å². The first kappa shape index (κ1) is 32.2. The molecule has 0 bridgehead atoms. The Kier molecular flexibility index (Phi) is 24.1. The maximum Gasteiger partial charge on any atom is 0.169 e. The van der Waals surface area contributed by atoms with E-state index in [0.717, 1.165) is 0 Å². The molecule has 0 radical (unpaired) electrons. The second-order valence-corrected chi connectivity index (χ2v) is 11.3. The number of hydrogen-bond acceptors (Lipinski definition) is 0. The third-order valence-corrected chi connectivity index (χ3v) is 7.80. The van der Waals surface area contributed by atoms with Crippen LogP contribution in [0.3, 0.4) is 0 Å². The van der Waals surface area contributed by atoms with Crippen molar-refractivity contribution in [3.63, 3.8) is 0 Å². The molecule has 0 atom stereocenters. The largest absolute Gasteiger partial charge is 0.205 e. The summed E-state index contributed by atoms with van der Waals surface area (Å²) in [4.78, 5) is 0. The molecule has 0 unspecified atom stereocenters. The highest BCUT2D eigenvalue weighted by Gasteiger charge is 2.02. The number of pyridine rings is 1. The third kappa shape index (κ3) is 22.1. The van der Waals surface area contributed by atoms with Gasteiger partial charge in [-0.15, -0.1) is 0 Å². The predicted molar refractivity (Wildman–Crippen MR) is 157 cm³/mol. The van der Waals surface area contributed by atoms with Gasteiger partial charge in [0.25, 0.3) is 0 Å². The molecule has 0 aliphatic carbocycles. The van der Waals surface area contributed by atoms with Gasteiger partial charge in [-0.2, -0.15) is 0 Å². The molecule has 1 heteroatoms. The highest BCUT2D eigenvalue weighted by molar-refractivity contribution is 5.07. The van der Waals surface area contributed by atoms with Gasteiger partial charge in [-0.1, -0.05) is 155 Å². The SMILES string of the molecule is CCCCCCCCCCCCCCCCCCCc1cc[n+](CCCCCCCCCC)cc1. The fraction of sp³-hybridized carbons (Fsp3) is 0.853. The summed E-state index contributed by atoms with van der Waals surface area (Å²) < 4.78 is 2.38. The van der Waals surface area contributed by atoms with Crippen LogP contribution >= 0.6 is 0 Å². The van der Waals surface area contributed by atoms with Crippen LogP contribution in [0, 0.1) is 0 Å². The molecule has 204 valence electrons. The van der Waals surface area contributed by atoms with Gasteiger partial charge in [-0.25, -0.2) is 4.57 Å². The zero-order valence-electron chi connectivity index (χ0n) is 24.3. The summed E-state index contributed by atoms with van der Waals surface area (Å²) in [6.45, 7) is 5.79. The van der Waals surface area contributed by atoms with Crippen LogP contribution in [0.4, 0.5) is 0 Å². The number of unbranched alkanes of at least 4 members (excludes halogenated alkanes) is 23. The van der Waals surface area contributed by atoms with E-state index in [1.807, 2.05) is 0 Å². The molecule has 0 amide bonds. The Labute approximate surface area is 221 Å². The second-order valence-electron chi connectivity index (χ2n) is 11.3. The van der Waals surface area contributed by atoms with Gasteiger partial charge in [-0.3, -0.25) is 0 Å². The average Bonchev–Trinajstić information content (AvgIpc) is 2.88. The van der Waals surface area contributed by atoms with Crippen LogP contribution < -0.4 is 4.57 Å². The minimum absolute atomic E-state index is 1.19. The van der Waals surface area contributed by atoms with Crippen LogP contribution in [-0.4, -0.2) is 0 Å². The summed E-state index contributed by atoms with van der Waals surface area (Å²) in [5.74, 6) is 0. The quantitative estimate of drug-likeness (QED) is 0.0859. The van der Waals surface area contributed by atoms with E-state index < -0.39 is 0 Å². The van der Waals surface area contributed by atoms with Crippen LogP contribution in [0.15, 0.2) is 24.5 Å². The minimum Gasteiger partial charge on any atom is -0.205 e. The Morgan fingerprint density at radius 1 is 0.400 bits per heavy atom. The van der Waals surface area contributed by atoms with E-state index in [1.54, 1.807) is 0 Å². The Balaban J connectivity index is 1.83. The predicted octanol–water partition coefficient (Wildman–Crippen LogP) is 11.3.